The first kappa shape index (κ1) is 21.7. The van der Waals surface area contributed by atoms with Crippen LogP contribution in [0.2, 0.25) is 0 Å². The van der Waals surface area contributed by atoms with Crippen molar-refractivity contribution < 1.29 is 13.2 Å². The fourth-order valence-corrected chi connectivity index (χ4v) is 4.52. The van der Waals surface area contributed by atoms with E-state index in [0.717, 1.165) is 21.6 Å². The van der Waals surface area contributed by atoms with Crippen LogP contribution in [0.25, 0.3) is 0 Å². The Morgan fingerprint density at radius 2 is 1.77 bits per heavy atom. The normalized spacial score (nSPS) is 11.6. The number of rotatable bonds is 7. The maximum Gasteiger partial charge on any atom is 0.271 e. The summed E-state index contributed by atoms with van der Waals surface area (Å²) in [4.78, 5) is 13.3. The zero-order valence-electron chi connectivity index (χ0n) is 17.0. The second kappa shape index (κ2) is 9.23. The van der Waals surface area contributed by atoms with E-state index in [-0.39, 0.29) is 12.5 Å². The number of hydrogen-bond acceptors (Lipinski definition) is 5. The van der Waals surface area contributed by atoms with Crippen LogP contribution in [0.15, 0.2) is 65.1 Å². The molecule has 0 saturated heterocycles. The molecular formula is C22H23N3O3S2. The molecule has 1 aromatic heterocycles. The summed E-state index contributed by atoms with van der Waals surface area (Å²) in [6.45, 7) is 4.14. The first-order valence-corrected chi connectivity index (χ1v) is 12.0. The van der Waals surface area contributed by atoms with Crippen molar-refractivity contribution in [2.75, 3.05) is 10.6 Å². The molecule has 1 N–H and O–H groups in total. The molecule has 0 fully saturated rings. The van der Waals surface area contributed by atoms with Gasteiger partial charge in [-0.15, -0.1) is 11.3 Å². The van der Waals surface area contributed by atoms with Gasteiger partial charge in [0.25, 0.3) is 5.91 Å². The quantitative estimate of drug-likeness (QED) is 0.443. The summed E-state index contributed by atoms with van der Waals surface area (Å²) < 4.78 is 26.1. The lowest BCUT2D eigenvalue weighted by atomic mass is 10.1. The van der Waals surface area contributed by atoms with Gasteiger partial charge in [0.1, 0.15) is 0 Å². The summed E-state index contributed by atoms with van der Waals surface area (Å²) in [7, 11) is -3.50. The Bertz CT molecular complexity index is 1170. The second-order valence-corrected chi connectivity index (χ2v) is 9.76. The molecule has 1 amide bonds. The molecule has 0 atom stereocenters. The van der Waals surface area contributed by atoms with Gasteiger partial charge in [0.05, 0.1) is 24.7 Å². The van der Waals surface area contributed by atoms with Gasteiger partial charge in [-0.25, -0.2) is 13.8 Å². The highest BCUT2D eigenvalue weighted by atomic mass is 32.2. The van der Waals surface area contributed by atoms with Crippen LogP contribution in [0.4, 0.5) is 5.69 Å². The van der Waals surface area contributed by atoms with E-state index in [1.807, 2.05) is 49.6 Å². The lowest BCUT2D eigenvalue weighted by molar-refractivity contribution is 0.0955. The number of amides is 1. The third kappa shape index (κ3) is 5.34. The second-order valence-electron chi connectivity index (χ2n) is 6.91. The van der Waals surface area contributed by atoms with Crippen LogP contribution in [0.1, 0.15) is 31.9 Å². The molecule has 0 aliphatic rings. The van der Waals surface area contributed by atoms with Crippen molar-refractivity contribution in [3.05, 3.63) is 87.1 Å². The Kier molecular flexibility index (Phi) is 6.69. The van der Waals surface area contributed by atoms with Gasteiger partial charge in [-0.3, -0.25) is 9.10 Å². The van der Waals surface area contributed by atoms with Gasteiger partial charge >= 0.3 is 0 Å². The number of anilines is 1. The molecule has 3 aromatic rings. The highest BCUT2D eigenvalue weighted by Gasteiger charge is 2.19. The number of hydrogen-bond donors (Lipinski definition) is 1. The fourth-order valence-electron chi connectivity index (χ4n) is 2.85. The largest absolute Gasteiger partial charge is 0.271 e. The van der Waals surface area contributed by atoms with Crippen LogP contribution in [0.5, 0.6) is 0 Å². The molecule has 0 bridgehead atoms. The van der Waals surface area contributed by atoms with Gasteiger partial charge in [-0.05, 0) is 66.2 Å². The van der Waals surface area contributed by atoms with Crippen LogP contribution in [-0.2, 0) is 16.6 Å². The Balaban J connectivity index is 1.75. The summed E-state index contributed by atoms with van der Waals surface area (Å²) in [5.74, 6) is -0.364. The van der Waals surface area contributed by atoms with E-state index < -0.39 is 10.0 Å². The molecule has 0 spiro atoms. The van der Waals surface area contributed by atoms with Gasteiger partial charge in [0.15, 0.2) is 0 Å². The van der Waals surface area contributed by atoms with Gasteiger partial charge in [0.2, 0.25) is 10.0 Å². The average molecular weight is 442 g/mol. The minimum absolute atomic E-state index is 0.224. The number of aryl methyl sites for hydroxylation is 2. The van der Waals surface area contributed by atoms with Gasteiger partial charge in [-0.1, -0.05) is 24.3 Å². The monoisotopic (exact) mass is 441 g/mol. The highest BCUT2D eigenvalue weighted by molar-refractivity contribution is 7.92. The molecule has 0 saturated carbocycles. The van der Waals surface area contributed by atoms with Crippen LogP contribution in [0.3, 0.4) is 0 Å². The predicted molar refractivity (Wildman–Crippen MR) is 123 cm³/mol. The maximum absolute atomic E-state index is 12.4. The van der Waals surface area contributed by atoms with Crippen molar-refractivity contribution in [1.82, 2.24) is 5.43 Å². The van der Waals surface area contributed by atoms with Crippen molar-refractivity contribution in [2.45, 2.75) is 20.4 Å². The summed E-state index contributed by atoms with van der Waals surface area (Å²) in [6.07, 6.45) is 2.78. The molecule has 8 heteroatoms. The highest BCUT2D eigenvalue weighted by Crippen LogP contribution is 2.22. The molecule has 1 heterocycles. The number of hydrazone groups is 1. The summed E-state index contributed by atoms with van der Waals surface area (Å²) >= 11 is 1.54. The lowest BCUT2D eigenvalue weighted by Crippen LogP contribution is -2.29. The SMILES string of the molecule is Cc1ccccc1CN(c1ccc(C(=O)N/N=C\c2sccc2C)cc1)S(C)(=O)=O. The molecule has 0 aliphatic carbocycles. The van der Waals surface area contributed by atoms with E-state index in [1.54, 1.807) is 41.8 Å². The van der Waals surface area contributed by atoms with E-state index in [4.69, 9.17) is 0 Å². The smallest absolute Gasteiger partial charge is 0.267 e. The minimum atomic E-state index is -3.50. The standard InChI is InChI=1S/C22H23N3O3S2/c1-16-6-4-5-7-19(16)15-25(30(3,27)28)20-10-8-18(9-11-20)22(26)24-23-14-21-17(2)12-13-29-21/h4-14H,15H2,1-3H3,(H,24,26)/b23-14-. The van der Waals surface area contributed by atoms with Gasteiger partial charge < -0.3 is 0 Å². The van der Waals surface area contributed by atoms with Crippen molar-refractivity contribution in [2.24, 2.45) is 5.10 Å². The molecule has 0 radical (unpaired) electrons. The fraction of sp³-hybridized carbons (Fsp3) is 0.182. The lowest BCUT2D eigenvalue weighted by Gasteiger charge is -2.23. The topological polar surface area (TPSA) is 78.8 Å². The van der Waals surface area contributed by atoms with Gasteiger partial charge in [-0.2, -0.15) is 5.10 Å². The van der Waals surface area contributed by atoms with Crippen molar-refractivity contribution in [3.63, 3.8) is 0 Å². The third-order valence-corrected chi connectivity index (χ3v) is 6.74. The number of thiophene rings is 1. The number of carbonyl (C=O) groups is 1. The zero-order valence-corrected chi connectivity index (χ0v) is 18.6. The molecule has 6 nitrogen and oxygen atoms in total. The molecule has 0 unspecified atom stereocenters. The molecule has 3 rings (SSSR count). The first-order valence-electron chi connectivity index (χ1n) is 9.25. The first-order chi connectivity index (χ1) is 14.3. The van der Waals surface area contributed by atoms with Crippen LogP contribution in [0, 0.1) is 13.8 Å². The Morgan fingerprint density at radius 1 is 1.07 bits per heavy atom. The Morgan fingerprint density at radius 3 is 2.37 bits per heavy atom. The summed E-state index contributed by atoms with van der Waals surface area (Å²) in [6, 6.07) is 16.1. The van der Waals surface area contributed by atoms with Crippen molar-refractivity contribution >= 4 is 39.2 Å². The van der Waals surface area contributed by atoms with Crippen LogP contribution < -0.4 is 9.73 Å². The average Bonchev–Trinajstić information content (AvgIpc) is 3.11. The van der Waals surface area contributed by atoms with E-state index in [1.165, 1.54) is 10.6 Å². The predicted octanol–water partition coefficient (Wildman–Crippen LogP) is 4.10. The summed E-state index contributed by atoms with van der Waals surface area (Å²) in [5.41, 5.74) is 6.41. The molecule has 2 aromatic carbocycles. The Labute approximate surface area is 180 Å². The number of carbonyl (C=O) groups excluding carboxylic acids is 1. The molecular weight excluding hydrogens is 418 g/mol. The zero-order chi connectivity index (χ0) is 21.7. The van der Waals surface area contributed by atoms with E-state index >= 15 is 0 Å². The molecule has 30 heavy (non-hydrogen) atoms. The molecule has 156 valence electrons. The number of benzene rings is 2. The van der Waals surface area contributed by atoms with Crippen molar-refractivity contribution in [3.8, 4) is 0 Å². The third-order valence-electron chi connectivity index (χ3n) is 4.64. The Hall–Kier alpha value is -2.97. The van der Waals surface area contributed by atoms with Crippen LogP contribution >= 0.6 is 11.3 Å². The molecule has 0 aliphatic heterocycles. The number of sulfonamides is 1. The number of nitrogens with zero attached hydrogens (tertiary/aromatic N) is 2. The van der Waals surface area contributed by atoms with Crippen molar-refractivity contribution in [1.29, 1.82) is 0 Å². The summed E-state index contributed by atoms with van der Waals surface area (Å²) in [5, 5.41) is 5.95. The van der Waals surface area contributed by atoms with Gasteiger partial charge in [0, 0.05) is 10.4 Å². The number of nitrogens with one attached hydrogen (secondary N) is 1. The van der Waals surface area contributed by atoms with E-state index in [9.17, 15) is 13.2 Å². The van der Waals surface area contributed by atoms with E-state index in [2.05, 4.69) is 10.5 Å². The van der Waals surface area contributed by atoms with E-state index in [0.29, 0.717) is 11.3 Å². The minimum Gasteiger partial charge on any atom is -0.267 e. The maximum atomic E-state index is 12.4. The van der Waals surface area contributed by atoms with Crippen LogP contribution in [-0.4, -0.2) is 26.8 Å².